The Morgan fingerprint density at radius 2 is 2.08 bits per heavy atom. The number of carbonyl (C=O) groups excluding carboxylic acids is 1. The zero-order valence-electron chi connectivity index (χ0n) is 13.9. The minimum Gasteiger partial charge on any atom is -0.493 e. The van der Waals surface area contributed by atoms with E-state index in [1.54, 1.807) is 24.3 Å². The number of carbonyl (C=O) groups is 1. The van der Waals surface area contributed by atoms with E-state index in [9.17, 15) is 4.79 Å². The molecule has 1 aromatic heterocycles. The molecule has 2 aromatic carbocycles. The van der Waals surface area contributed by atoms with Crippen molar-refractivity contribution in [3.05, 3.63) is 53.6 Å². The number of amides is 1. The average molecular weight is 390 g/mol. The molecule has 0 aliphatic heterocycles. The number of thioether (sulfide) groups is 1. The summed E-state index contributed by atoms with van der Waals surface area (Å²) in [5.74, 6) is 0.980. The van der Waals surface area contributed by atoms with E-state index in [0.29, 0.717) is 34.2 Å². The molecule has 1 heterocycles. The number of anilines is 1. The number of aromatic nitrogens is 2. The fraction of sp³-hybridized carbons (Fsp3) is 0.167. The Bertz CT molecular complexity index is 901. The van der Waals surface area contributed by atoms with Crippen LogP contribution in [0.15, 0.2) is 58.2 Å². The van der Waals surface area contributed by atoms with E-state index in [-0.39, 0.29) is 11.7 Å². The van der Waals surface area contributed by atoms with Crippen molar-refractivity contribution >= 4 is 35.0 Å². The average Bonchev–Trinajstić information content (AvgIpc) is 3.10. The summed E-state index contributed by atoms with van der Waals surface area (Å²) in [4.78, 5) is 12.0. The van der Waals surface area contributed by atoms with Crippen LogP contribution in [-0.4, -0.2) is 28.5 Å². The standard InChI is InChI=1S/C18H16ClN3O3S/c1-2-24-15-9-4-3-8-14(15)17-21-22-18(25-17)26-11-16(23)20-13-7-5-6-12(19)10-13/h3-10H,2,11H2,1H3,(H,20,23). The Kier molecular flexibility index (Phi) is 6.14. The van der Waals surface area contributed by atoms with Crippen LogP contribution in [0.5, 0.6) is 5.75 Å². The van der Waals surface area contributed by atoms with E-state index in [1.807, 2.05) is 31.2 Å². The normalized spacial score (nSPS) is 10.5. The van der Waals surface area contributed by atoms with Crippen LogP contribution in [0.1, 0.15) is 6.92 Å². The van der Waals surface area contributed by atoms with Gasteiger partial charge in [0.05, 0.1) is 17.9 Å². The van der Waals surface area contributed by atoms with Gasteiger partial charge in [-0.25, -0.2) is 0 Å². The molecule has 0 spiro atoms. The first-order valence-electron chi connectivity index (χ1n) is 7.89. The highest BCUT2D eigenvalue weighted by atomic mass is 35.5. The van der Waals surface area contributed by atoms with Gasteiger partial charge in [0.1, 0.15) is 5.75 Å². The van der Waals surface area contributed by atoms with Gasteiger partial charge in [0.15, 0.2) is 0 Å². The topological polar surface area (TPSA) is 77.2 Å². The van der Waals surface area contributed by atoms with Gasteiger partial charge < -0.3 is 14.5 Å². The van der Waals surface area contributed by atoms with E-state index in [4.69, 9.17) is 20.8 Å². The molecule has 0 aliphatic rings. The molecule has 0 saturated heterocycles. The lowest BCUT2D eigenvalue weighted by Gasteiger charge is -2.06. The lowest BCUT2D eigenvalue weighted by Crippen LogP contribution is -2.13. The smallest absolute Gasteiger partial charge is 0.277 e. The maximum Gasteiger partial charge on any atom is 0.277 e. The molecule has 1 amide bonds. The first-order chi connectivity index (χ1) is 12.7. The predicted molar refractivity (Wildman–Crippen MR) is 102 cm³/mol. The molecule has 0 radical (unpaired) electrons. The van der Waals surface area contributed by atoms with E-state index < -0.39 is 0 Å². The van der Waals surface area contributed by atoms with Crippen LogP contribution in [0.4, 0.5) is 5.69 Å². The van der Waals surface area contributed by atoms with Gasteiger partial charge in [-0.15, -0.1) is 10.2 Å². The van der Waals surface area contributed by atoms with Crippen LogP contribution in [0.3, 0.4) is 0 Å². The number of hydrogen-bond donors (Lipinski definition) is 1. The van der Waals surface area contributed by atoms with Crippen molar-refractivity contribution in [1.82, 2.24) is 10.2 Å². The fourth-order valence-electron chi connectivity index (χ4n) is 2.19. The number of para-hydroxylation sites is 1. The van der Waals surface area contributed by atoms with Crippen LogP contribution >= 0.6 is 23.4 Å². The molecule has 0 aliphatic carbocycles. The Balaban J connectivity index is 1.61. The first-order valence-corrected chi connectivity index (χ1v) is 9.26. The van der Waals surface area contributed by atoms with Gasteiger partial charge in [0.25, 0.3) is 11.1 Å². The van der Waals surface area contributed by atoms with E-state index in [2.05, 4.69) is 15.5 Å². The van der Waals surface area contributed by atoms with Crippen molar-refractivity contribution in [3.8, 4) is 17.2 Å². The monoisotopic (exact) mass is 389 g/mol. The molecule has 1 N–H and O–H groups in total. The number of nitrogens with zero attached hydrogens (tertiary/aromatic N) is 2. The second kappa shape index (κ2) is 8.73. The van der Waals surface area contributed by atoms with Gasteiger partial charge >= 0.3 is 0 Å². The highest BCUT2D eigenvalue weighted by Gasteiger charge is 2.14. The predicted octanol–water partition coefficient (Wildman–Crippen LogP) is 4.52. The molecule has 6 nitrogen and oxygen atoms in total. The summed E-state index contributed by atoms with van der Waals surface area (Å²) >= 11 is 7.06. The van der Waals surface area contributed by atoms with Crippen molar-refractivity contribution in [2.45, 2.75) is 12.1 Å². The molecule has 3 aromatic rings. The van der Waals surface area contributed by atoms with Gasteiger partial charge in [0.2, 0.25) is 5.91 Å². The molecule has 8 heteroatoms. The van der Waals surface area contributed by atoms with Gasteiger partial charge in [-0.2, -0.15) is 0 Å². The lowest BCUT2D eigenvalue weighted by atomic mass is 10.2. The minimum atomic E-state index is -0.188. The maximum atomic E-state index is 12.0. The largest absolute Gasteiger partial charge is 0.493 e. The third-order valence-electron chi connectivity index (χ3n) is 3.26. The Labute approximate surface area is 159 Å². The molecule has 26 heavy (non-hydrogen) atoms. The summed E-state index contributed by atoms with van der Waals surface area (Å²) in [7, 11) is 0. The van der Waals surface area contributed by atoms with Crippen LogP contribution in [0, 0.1) is 0 Å². The molecule has 0 atom stereocenters. The third-order valence-corrected chi connectivity index (χ3v) is 4.31. The lowest BCUT2D eigenvalue weighted by molar-refractivity contribution is -0.113. The van der Waals surface area contributed by atoms with Gasteiger partial charge in [-0.05, 0) is 37.3 Å². The molecule has 0 saturated carbocycles. The number of benzene rings is 2. The van der Waals surface area contributed by atoms with Crippen LogP contribution in [-0.2, 0) is 4.79 Å². The zero-order chi connectivity index (χ0) is 18.4. The van der Waals surface area contributed by atoms with Crippen LogP contribution in [0.2, 0.25) is 5.02 Å². The Morgan fingerprint density at radius 1 is 1.23 bits per heavy atom. The Hall–Kier alpha value is -2.51. The maximum absolute atomic E-state index is 12.0. The van der Waals surface area contributed by atoms with Crippen molar-refractivity contribution in [2.24, 2.45) is 0 Å². The molecular formula is C18H16ClN3O3S. The summed E-state index contributed by atoms with van der Waals surface area (Å²) in [6, 6.07) is 14.4. The first kappa shape index (κ1) is 18.3. The summed E-state index contributed by atoms with van der Waals surface area (Å²) in [5.41, 5.74) is 1.36. The van der Waals surface area contributed by atoms with Gasteiger partial charge in [0, 0.05) is 10.7 Å². The second-order valence-corrected chi connectivity index (χ2v) is 6.51. The number of ether oxygens (including phenoxy) is 1. The van der Waals surface area contributed by atoms with Crippen molar-refractivity contribution < 1.29 is 13.9 Å². The molecule has 0 bridgehead atoms. The van der Waals surface area contributed by atoms with E-state index >= 15 is 0 Å². The van der Waals surface area contributed by atoms with E-state index in [0.717, 1.165) is 17.3 Å². The molecule has 0 fully saturated rings. The summed E-state index contributed by atoms with van der Waals surface area (Å²) in [6.45, 7) is 2.45. The van der Waals surface area contributed by atoms with Gasteiger partial charge in [-0.1, -0.05) is 41.6 Å². The van der Waals surface area contributed by atoms with Crippen molar-refractivity contribution in [1.29, 1.82) is 0 Å². The van der Waals surface area contributed by atoms with Crippen molar-refractivity contribution in [2.75, 3.05) is 17.7 Å². The second-order valence-electron chi connectivity index (χ2n) is 5.15. The van der Waals surface area contributed by atoms with Crippen molar-refractivity contribution in [3.63, 3.8) is 0 Å². The third kappa shape index (κ3) is 4.77. The number of halogens is 1. The zero-order valence-corrected chi connectivity index (χ0v) is 15.5. The minimum absolute atomic E-state index is 0.140. The van der Waals surface area contributed by atoms with Crippen LogP contribution in [0.25, 0.3) is 11.5 Å². The highest BCUT2D eigenvalue weighted by molar-refractivity contribution is 7.99. The SMILES string of the molecule is CCOc1ccccc1-c1nnc(SCC(=O)Nc2cccc(Cl)c2)o1. The summed E-state index contributed by atoms with van der Waals surface area (Å²) in [5, 5.41) is 11.6. The quantitative estimate of drug-likeness (QED) is 0.598. The molecular weight excluding hydrogens is 374 g/mol. The molecule has 0 unspecified atom stereocenters. The number of hydrogen-bond acceptors (Lipinski definition) is 6. The number of rotatable bonds is 7. The number of nitrogens with one attached hydrogen (secondary N) is 1. The summed E-state index contributed by atoms with van der Waals surface area (Å²) < 4.78 is 11.2. The van der Waals surface area contributed by atoms with Gasteiger partial charge in [-0.3, -0.25) is 4.79 Å². The summed E-state index contributed by atoms with van der Waals surface area (Å²) in [6.07, 6.45) is 0. The van der Waals surface area contributed by atoms with E-state index in [1.165, 1.54) is 0 Å². The highest BCUT2D eigenvalue weighted by Crippen LogP contribution is 2.30. The van der Waals surface area contributed by atoms with Crippen LogP contribution < -0.4 is 10.1 Å². The Morgan fingerprint density at radius 3 is 2.88 bits per heavy atom. The molecule has 3 rings (SSSR count). The fourth-order valence-corrected chi connectivity index (χ4v) is 2.95. The molecule has 134 valence electrons.